The highest BCUT2D eigenvalue weighted by Gasteiger charge is 2.21. The van der Waals surface area contributed by atoms with Crippen LogP contribution < -0.4 is 16.8 Å². The van der Waals surface area contributed by atoms with Crippen LogP contribution in [0.5, 0.6) is 0 Å². The van der Waals surface area contributed by atoms with Crippen molar-refractivity contribution in [2.75, 3.05) is 11.5 Å². The minimum absolute atomic E-state index is 0.0169. The fourth-order valence-electron chi connectivity index (χ4n) is 2.78. The lowest BCUT2D eigenvalue weighted by Crippen LogP contribution is -2.41. The molecular formula is C19H22ClN5O5. The second-order valence-electron chi connectivity index (χ2n) is 6.58. The zero-order chi connectivity index (χ0) is 22.3. The van der Waals surface area contributed by atoms with Crippen LogP contribution in [0.15, 0.2) is 24.3 Å². The maximum Gasteiger partial charge on any atom is 0.326 e. The Balaban J connectivity index is 1.92. The van der Waals surface area contributed by atoms with Gasteiger partial charge in [0.25, 0.3) is 5.91 Å². The van der Waals surface area contributed by atoms with Crippen molar-refractivity contribution in [2.24, 2.45) is 0 Å². The Labute approximate surface area is 177 Å². The summed E-state index contributed by atoms with van der Waals surface area (Å²) in [5, 5.41) is 20.4. The van der Waals surface area contributed by atoms with Crippen LogP contribution in [0, 0.1) is 0 Å². The van der Waals surface area contributed by atoms with Gasteiger partial charge in [-0.2, -0.15) is 4.98 Å². The van der Waals surface area contributed by atoms with Gasteiger partial charge in [-0.05, 0) is 43.4 Å². The average molecular weight is 436 g/mol. The number of benzene rings is 1. The van der Waals surface area contributed by atoms with Crippen molar-refractivity contribution in [2.45, 2.75) is 38.1 Å². The lowest BCUT2D eigenvalue weighted by molar-refractivity contribution is -0.140. The predicted molar refractivity (Wildman–Crippen MR) is 110 cm³/mol. The van der Waals surface area contributed by atoms with Gasteiger partial charge >= 0.3 is 11.9 Å². The first-order chi connectivity index (χ1) is 14.2. The summed E-state index contributed by atoms with van der Waals surface area (Å²) in [6.07, 6.45) is 1.38. The summed E-state index contributed by atoms with van der Waals surface area (Å²) in [7, 11) is 0. The van der Waals surface area contributed by atoms with E-state index in [1.165, 1.54) is 0 Å². The summed E-state index contributed by atoms with van der Waals surface area (Å²) >= 11 is 6.05. The maximum atomic E-state index is 12.2. The highest BCUT2D eigenvalue weighted by Crippen LogP contribution is 2.22. The van der Waals surface area contributed by atoms with Crippen molar-refractivity contribution in [3.05, 3.63) is 46.1 Å². The molecular weight excluding hydrogens is 414 g/mol. The Morgan fingerprint density at radius 1 is 1.07 bits per heavy atom. The van der Waals surface area contributed by atoms with Crippen LogP contribution in [0.2, 0.25) is 5.15 Å². The zero-order valence-corrected chi connectivity index (χ0v) is 16.7. The standard InChI is InChI=1S/C19H22ClN5O5/c20-15-12(16(21)25-19(22)24-15)3-1-2-10-4-6-11(7-5-10)17(28)23-13(18(29)30)8-9-14(26)27/h4-7,13H,1-3,8-9H2,(H,23,28)(H,26,27)(H,29,30)(H4,21,22,24,25)/t13-/m0/s1. The number of aromatic nitrogens is 2. The van der Waals surface area contributed by atoms with E-state index < -0.39 is 23.9 Å². The second-order valence-corrected chi connectivity index (χ2v) is 6.94. The van der Waals surface area contributed by atoms with Crippen LogP contribution in [0.3, 0.4) is 0 Å². The molecule has 1 amide bonds. The number of carbonyl (C=O) groups excluding carboxylic acids is 1. The molecule has 1 heterocycles. The molecule has 160 valence electrons. The van der Waals surface area contributed by atoms with Gasteiger partial charge in [-0.15, -0.1) is 0 Å². The number of carboxylic acids is 2. The largest absolute Gasteiger partial charge is 0.481 e. The topological polar surface area (TPSA) is 182 Å². The molecule has 0 aliphatic rings. The minimum atomic E-state index is -1.29. The first-order valence-electron chi connectivity index (χ1n) is 9.09. The molecule has 30 heavy (non-hydrogen) atoms. The normalized spacial score (nSPS) is 11.6. The molecule has 1 atom stereocenters. The Morgan fingerprint density at radius 2 is 1.73 bits per heavy atom. The minimum Gasteiger partial charge on any atom is -0.481 e. The number of aryl methyl sites for hydroxylation is 1. The van der Waals surface area contributed by atoms with E-state index in [0.29, 0.717) is 24.8 Å². The molecule has 0 aliphatic carbocycles. The molecule has 2 aromatic rings. The number of carboxylic acid groups (broad SMARTS) is 2. The van der Waals surface area contributed by atoms with E-state index in [0.717, 1.165) is 5.56 Å². The van der Waals surface area contributed by atoms with Crippen molar-refractivity contribution in [1.29, 1.82) is 0 Å². The highest BCUT2D eigenvalue weighted by atomic mass is 35.5. The third kappa shape index (κ3) is 6.59. The number of hydrogen-bond donors (Lipinski definition) is 5. The molecule has 11 heteroatoms. The van der Waals surface area contributed by atoms with Gasteiger partial charge < -0.3 is 27.0 Å². The molecule has 2 rings (SSSR count). The number of nitrogens with zero attached hydrogens (tertiary/aromatic N) is 2. The fraction of sp³-hybridized carbons (Fsp3) is 0.316. The molecule has 10 nitrogen and oxygen atoms in total. The Kier molecular flexibility index (Phi) is 7.93. The Bertz CT molecular complexity index is 912. The van der Waals surface area contributed by atoms with E-state index in [1.807, 2.05) is 0 Å². The molecule has 1 aromatic carbocycles. The number of nitrogens with two attached hydrogens (primary N) is 2. The molecule has 0 saturated carbocycles. The molecule has 1 aromatic heterocycles. The van der Waals surface area contributed by atoms with Crippen molar-refractivity contribution >= 4 is 41.2 Å². The lowest BCUT2D eigenvalue weighted by atomic mass is 10.0. The lowest BCUT2D eigenvalue weighted by Gasteiger charge is -2.13. The molecule has 7 N–H and O–H groups in total. The summed E-state index contributed by atoms with van der Waals surface area (Å²) in [5.74, 6) is -2.74. The predicted octanol–water partition coefficient (Wildman–Crippen LogP) is 1.52. The fourth-order valence-corrected chi connectivity index (χ4v) is 3.06. The number of carbonyl (C=O) groups is 3. The number of hydrogen-bond acceptors (Lipinski definition) is 7. The number of amides is 1. The van der Waals surface area contributed by atoms with Crippen LogP contribution in [-0.4, -0.2) is 44.1 Å². The first-order valence-corrected chi connectivity index (χ1v) is 9.47. The van der Waals surface area contributed by atoms with Gasteiger partial charge in [-0.1, -0.05) is 23.7 Å². The molecule has 0 bridgehead atoms. The van der Waals surface area contributed by atoms with E-state index >= 15 is 0 Å². The summed E-state index contributed by atoms with van der Waals surface area (Å²) in [4.78, 5) is 41.8. The van der Waals surface area contributed by atoms with Gasteiger partial charge in [0.05, 0.1) is 0 Å². The monoisotopic (exact) mass is 435 g/mol. The van der Waals surface area contributed by atoms with Crippen molar-refractivity contribution in [3.8, 4) is 0 Å². The van der Waals surface area contributed by atoms with Crippen LogP contribution >= 0.6 is 11.6 Å². The molecule has 0 spiro atoms. The first kappa shape index (κ1) is 22.9. The van der Waals surface area contributed by atoms with Gasteiger partial charge in [-0.3, -0.25) is 9.59 Å². The van der Waals surface area contributed by atoms with E-state index in [4.69, 9.17) is 33.3 Å². The van der Waals surface area contributed by atoms with E-state index in [1.54, 1.807) is 24.3 Å². The third-order valence-corrected chi connectivity index (χ3v) is 4.68. The smallest absolute Gasteiger partial charge is 0.326 e. The summed E-state index contributed by atoms with van der Waals surface area (Å²) in [5.41, 5.74) is 13.2. The number of nitrogens with one attached hydrogen (secondary N) is 1. The average Bonchev–Trinajstić information content (AvgIpc) is 2.67. The van der Waals surface area contributed by atoms with Crippen LogP contribution in [0.4, 0.5) is 11.8 Å². The Morgan fingerprint density at radius 3 is 2.30 bits per heavy atom. The van der Waals surface area contributed by atoms with Crippen LogP contribution in [0.25, 0.3) is 0 Å². The number of nitrogen functional groups attached to an aromatic ring is 2. The van der Waals surface area contributed by atoms with Gasteiger partial charge in [-0.25, -0.2) is 9.78 Å². The quantitative estimate of drug-likeness (QED) is 0.345. The molecule has 0 radical (unpaired) electrons. The number of anilines is 2. The van der Waals surface area contributed by atoms with E-state index in [9.17, 15) is 14.4 Å². The number of rotatable bonds is 10. The second kappa shape index (κ2) is 10.4. The number of halogens is 1. The molecule has 0 fully saturated rings. The van der Waals surface area contributed by atoms with E-state index in [-0.39, 0.29) is 35.3 Å². The van der Waals surface area contributed by atoms with Crippen molar-refractivity contribution < 1.29 is 24.6 Å². The highest BCUT2D eigenvalue weighted by molar-refractivity contribution is 6.30. The zero-order valence-electron chi connectivity index (χ0n) is 16.0. The van der Waals surface area contributed by atoms with Crippen molar-refractivity contribution in [3.63, 3.8) is 0 Å². The summed E-state index contributed by atoms with van der Waals surface area (Å²) < 4.78 is 0. The van der Waals surface area contributed by atoms with Crippen LogP contribution in [-0.2, 0) is 22.4 Å². The maximum absolute atomic E-state index is 12.2. The SMILES string of the molecule is Nc1nc(N)c(CCCc2ccc(C(=O)N[C@@H](CCC(=O)O)C(=O)O)cc2)c(Cl)n1. The molecule has 0 saturated heterocycles. The number of aliphatic carboxylic acids is 2. The van der Waals surface area contributed by atoms with Crippen molar-refractivity contribution in [1.82, 2.24) is 15.3 Å². The van der Waals surface area contributed by atoms with Crippen LogP contribution in [0.1, 0.15) is 40.7 Å². The van der Waals surface area contributed by atoms with E-state index in [2.05, 4.69) is 15.3 Å². The molecule has 0 unspecified atom stereocenters. The summed E-state index contributed by atoms with van der Waals surface area (Å²) in [6, 6.07) is 5.40. The van der Waals surface area contributed by atoms with Gasteiger partial charge in [0.2, 0.25) is 5.95 Å². The Hall–Kier alpha value is -3.40. The van der Waals surface area contributed by atoms with Gasteiger partial charge in [0.15, 0.2) is 0 Å². The summed E-state index contributed by atoms with van der Waals surface area (Å²) in [6.45, 7) is 0. The third-order valence-electron chi connectivity index (χ3n) is 4.36. The molecule has 0 aliphatic heterocycles. The van der Waals surface area contributed by atoms with Gasteiger partial charge in [0, 0.05) is 17.5 Å². The van der Waals surface area contributed by atoms with Gasteiger partial charge in [0.1, 0.15) is 17.0 Å².